The molecular weight excluding hydrogens is 526 g/mol. The predicted molar refractivity (Wildman–Crippen MR) is 148 cm³/mol. The summed E-state index contributed by atoms with van der Waals surface area (Å²) in [6, 6.07) is 20.0. The number of hydrogen-bond donors (Lipinski definition) is 6. The fourth-order valence-corrected chi connectivity index (χ4v) is 6.84. The summed E-state index contributed by atoms with van der Waals surface area (Å²) in [5.74, 6) is -8.97. The van der Waals surface area contributed by atoms with Crippen LogP contribution < -0.4 is 5.73 Å². The first-order valence-electron chi connectivity index (χ1n) is 13.2. The number of phenols is 1. The Hall–Kier alpha value is -4.73. The second-order valence-corrected chi connectivity index (χ2v) is 10.8. The van der Waals surface area contributed by atoms with Gasteiger partial charge in [-0.2, -0.15) is 0 Å². The van der Waals surface area contributed by atoms with Crippen molar-refractivity contribution in [1.82, 2.24) is 0 Å². The van der Waals surface area contributed by atoms with Gasteiger partial charge in [0.25, 0.3) is 5.91 Å². The minimum Gasteiger partial charge on any atom is -0.508 e. The van der Waals surface area contributed by atoms with E-state index in [0.29, 0.717) is 22.3 Å². The van der Waals surface area contributed by atoms with Gasteiger partial charge < -0.3 is 31.3 Å². The fourth-order valence-electron chi connectivity index (χ4n) is 6.84. The van der Waals surface area contributed by atoms with Crippen molar-refractivity contribution in [3.05, 3.63) is 94.8 Å². The highest BCUT2D eigenvalue weighted by Gasteiger charge is 2.65. The van der Waals surface area contributed by atoms with E-state index < -0.39 is 76.0 Å². The molecule has 1 amide bonds. The van der Waals surface area contributed by atoms with E-state index in [1.54, 1.807) is 37.3 Å². The molecule has 0 bridgehead atoms. The lowest BCUT2D eigenvalue weighted by atomic mass is 9.55. The lowest BCUT2D eigenvalue weighted by Gasteiger charge is -2.50. The molecule has 0 heterocycles. The maximum Gasteiger partial charge on any atom is 0.255 e. The zero-order valence-corrected chi connectivity index (χ0v) is 21.9. The molecule has 3 aliphatic rings. The Labute approximate surface area is 234 Å². The number of nitrogens with two attached hydrogens (primary N) is 1. The summed E-state index contributed by atoms with van der Waals surface area (Å²) in [6.07, 6.45) is -2.22. The molecule has 0 saturated heterocycles. The number of benzene rings is 3. The molecule has 3 aromatic carbocycles. The van der Waals surface area contributed by atoms with E-state index in [4.69, 9.17) is 5.73 Å². The highest BCUT2D eigenvalue weighted by molar-refractivity contribution is 6.23. The van der Waals surface area contributed by atoms with Crippen molar-refractivity contribution in [3.63, 3.8) is 0 Å². The molecule has 9 nitrogen and oxygen atoms in total. The largest absolute Gasteiger partial charge is 0.508 e. The third kappa shape index (κ3) is 3.52. The summed E-state index contributed by atoms with van der Waals surface area (Å²) in [4.78, 5) is 38.7. The standard InChI is InChI=1S/C32H27NO8/c1-14-21-17(15-8-4-2-5-9-15)12-18(16-10-6-3-7-11-16)26(35)24(21)28(37)25-22(14)27(36)19-13-20(34)23(31(33)40)29(38)32(19,41)30(25)39/h2-12,14,19,22,27,35-38,41H,13H2,1H3,(H2,33,40). The third-order valence-corrected chi connectivity index (χ3v) is 8.76. The molecule has 0 radical (unpaired) electrons. The Morgan fingerprint density at radius 2 is 1.49 bits per heavy atom. The van der Waals surface area contributed by atoms with Gasteiger partial charge in [0.15, 0.2) is 11.4 Å². The fraction of sp³-hybridized carbons (Fsp3) is 0.219. The van der Waals surface area contributed by atoms with Crippen LogP contribution in [0.5, 0.6) is 5.75 Å². The maximum atomic E-state index is 14.0. The van der Waals surface area contributed by atoms with Gasteiger partial charge in [-0.25, -0.2) is 0 Å². The number of ketones is 2. The topological polar surface area (TPSA) is 178 Å². The summed E-state index contributed by atoms with van der Waals surface area (Å²) < 4.78 is 0. The van der Waals surface area contributed by atoms with Crippen LogP contribution in [0.1, 0.15) is 30.4 Å². The first-order chi connectivity index (χ1) is 19.5. The van der Waals surface area contributed by atoms with Gasteiger partial charge in [-0.1, -0.05) is 67.6 Å². The van der Waals surface area contributed by atoms with Crippen LogP contribution in [-0.2, 0) is 14.4 Å². The summed E-state index contributed by atoms with van der Waals surface area (Å²) >= 11 is 0. The molecule has 6 rings (SSSR count). The zero-order chi connectivity index (χ0) is 29.4. The minimum atomic E-state index is -2.89. The molecule has 7 N–H and O–H groups in total. The van der Waals surface area contributed by atoms with Crippen LogP contribution in [-0.4, -0.2) is 54.7 Å². The normalized spacial score (nSPS) is 27.3. The Kier molecular flexibility index (Phi) is 5.91. The predicted octanol–water partition coefficient (Wildman–Crippen LogP) is 3.29. The van der Waals surface area contributed by atoms with Gasteiger partial charge in [0.2, 0.25) is 5.78 Å². The van der Waals surface area contributed by atoms with Gasteiger partial charge >= 0.3 is 0 Å². The average Bonchev–Trinajstić information content (AvgIpc) is 2.96. The Morgan fingerprint density at radius 1 is 0.927 bits per heavy atom. The van der Waals surface area contributed by atoms with E-state index in [0.717, 1.165) is 5.56 Å². The second-order valence-electron chi connectivity index (χ2n) is 10.8. The molecule has 0 aliphatic heterocycles. The number of amides is 1. The highest BCUT2D eigenvalue weighted by Crippen LogP contribution is 2.58. The van der Waals surface area contributed by atoms with Crippen LogP contribution >= 0.6 is 0 Å². The van der Waals surface area contributed by atoms with E-state index in [-0.39, 0.29) is 11.3 Å². The molecule has 1 fully saturated rings. The quantitative estimate of drug-likeness (QED) is 0.268. The van der Waals surface area contributed by atoms with Crippen molar-refractivity contribution in [1.29, 1.82) is 0 Å². The molecule has 41 heavy (non-hydrogen) atoms. The first-order valence-corrected chi connectivity index (χ1v) is 13.2. The third-order valence-electron chi connectivity index (χ3n) is 8.76. The van der Waals surface area contributed by atoms with E-state index in [1.807, 2.05) is 36.4 Å². The van der Waals surface area contributed by atoms with Crippen molar-refractivity contribution >= 4 is 23.2 Å². The van der Waals surface area contributed by atoms with E-state index in [2.05, 4.69) is 0 Å². The van der Waals surface area contributed by atoms with Gasteiger partial charge in [-0.05, 0) is 34.2 Å². The number of fused-ring (bicyclic) bond motifs is 3. The summed E-state index contributed by atoms with van der Waals surface area (Å²) in [6.45, 7) is 1.72. The number of primary amides is 1. The number of phenolic OH excluding ortho intramolecular Hbond substituents is 1. The van der Waals surface area contributed by atoms with Crippen molar-refractivity contribution in [2.45, 2.75) is 31.0 Å². The van der Waals surface area contributed by atoms with Gasteiger partial charge in [0.1, 0.15) is 22.8 Å². The summed E-state index contributed by atoms with van der Waals surface area (Å²) in [7, 11) is 0. The lowest BCUT2D eigenvalue weighted by Crippen LogP contribution is -2.63. The highest BCUT2D eigenvalue weighted by atomic mass is 16.4. The van der Waals surface area contributed by atoms with Crippen molar-refractivity contribution < 1.29 is 39.9 Å². The van der Waals surface area contributed by atoms with E-state index in [9.17, 15) is 39.9 Å². The number of aromatic hydroxyl groups is 1. The Balaban J connectivity index is 1.68. The molecule has 3 aromatic rings. The van der Waals surface area contributed by atoms with Crippen molar-refractivity contribution in [3.8, 4) is 28.0 Å². The second kappa shape index (κ2) is 9.15. The average molecular weight is 554 g/mol. The van der Waals surface area contributed by atoms with Crippen molar-refractivity contribution in [2.24, 2.45) is 17.6 Å². The molecule has 5 unspecified atom stereocenters. The molecule has 1 saturated carbocycles. The molecule has 9 heteroatoms. The number of aliphatic hydroxyl groups is 4. The number of Topliss-reactive ketones (excluding diaryl/α,β-unsaturated/α-hetero) is 2. The van der Waals surface area contributed by atoms with E-state index >= 15 is 0 Å². The molecule has 0 spiro atoms. The number of rotatable bonds is 3. The van der Waals surface area contributed by atoms with E-state index in [1.165, 1.54) is 0 Å². The number of hydrogen-bond acceptors (Lipinski definition) is 8. The molecule has 3 aliphatic carbocycles. The number of aliphatic hydroxyl groups excluding tert-OH is 3. The van der Waals surface area contributed by atoms with Crippen LogP contribution in [0.15, 0.2) is 83.6 Å². The summed E-state index contributed by atoms with van der Waals surface area (Å²) in [5.41, 5.74) is 3.89. The molecule has 5 atom stereocenters. The zero-order valence-electron chi connectivity index (χ0n) is 21.9. The van der Waals surface area contributed by atoms with Gasteiger partial charge in [0.05, 0.1) is 11.7 Å². The van der Waals surface area contributed by atoms with Gasteiger partial charge in [-0.3, -0.25) is 14.4 Å². The van der Waals surface area contributed by atoms with Crippen LogP contribution in [0.3, 0.4) is 0 Å². The number of carbonyl (C=O) groups is 3. The smallest absolute Gasteiger partial charge is 0.255 e. The van der Waals surface area contributed by atoms with Crippen LogP contribution in [0, 0.1) is 11.8 Å². The number of carbonyl (C=O) groups excluding carboxylic acids is 3. The van der Waals surface area contributed by atoms with Crippen LogP contribution in [0.2, 0.25) is 0 Å². The lowest BCUT2D eigenvalue weighted by molar-refractivity contribution is -0.160. The minimum absolute atomic E-state index is 0.0444. The SMILES string of the molecule is CC1c2c(-c3ccccc3)cc(-c3ccccc3)c(O)c2C(O)=C2C(=O)C3(O)C(O)=C(C(N)=O)C(=O)CC3C(O)C21. The maximum absolute atomic E-state index is 14.0. The molecular formula is C32H27NO8. The Bertz CT molecular complexity index is 1710. The van der Waals surface area contributed by atoms with Gasteiger partial charge in [-0.15, -0.1) is 0 Å². The summed E-state index contributed by atoms with van der Waals surface area (Å²) in [5, 5.41) is 57.3. The van der Waals surface area contributed by atoms with Crippen LogP contribution in [0.4, 0.5) is 0 Å². The molecule has 0 aromatic heterocycles. The van der Waals surface area contributed by atoms with Crippen LogP contribution in [0.25, 0.3) is 28.0 Å². The molecule has 208 valence electrons. The van der Waals surface area contributed by atoms with Crippen molar-refractivity contribution in [2.75, 3.05) is 0 Å². The van der Waals surface area contributed by atoms with Gasteiger partial charge in [0, 0.05) is 29.4 Å². The first kappa shape index (κ1) is 26.5. The monoisotopic (exact) mass is 553 g/mol. The Morgan fingerprint density at radius 3 is 2.05 bits per heavy atom.